The second-order valence-corrected chi connectivity index (χ2v) is 6.56. The van der Waals surface area contributed by atoms with Crippen LogP contribution in [0.1, 0.15) is 40.5 Å². The van der Waals surface area contributed by atoms with Crippen molar-refractivity contribution in [1.82, 2.24) is 10.3 Å². The number of nitrogens with one attached hydrogen (secondary N) is 2. The lowest BCUT2D eigenvalue weighted by molar-refractivity contribution is 0.0940. The van der Waals surface area contributed by atoms with Crippen molar-refractivity contribution in [2.75, 3.05) is 11.9 Å². The molecule has 0 saturated carbocycles. The minimum absolute atomic E-state index is 0.188. The molecule has 0 aliphatic rings. The highest BCUT2D eigenvalue weighted by Gasteiger charge is 2.19. The van der Waals surface area contributed by atoms with Gasteiger partial charge in [0.25, 0.3) is 5.91 Å². The van der Waals surface area contributed by atoms with Crippen LogP contribution >= 0.6 is 0 Å². The first-order valence-electron chi connectivity index (χ1n) is 9.12. The number of carbonyl (C=O) groups excluding carboxylic acids is 1. The Kier molecular flexibility index (Phi) is 6.51. The maximum Gasteiger partial charge on any atom is 0.255 e. The van der Waals surface area contributed by atoms with E-state index in [-0.39, 0.29) is 12.2 Å². The van der Waals surface area contributed by atoms with Gasteiger partial charge in [-0.1, -0.05) is 36.4 Å². The minimum Gasteiger partial charge on any atom is -0.394 e. The van der Waals surface area contributed by atoms with Crippen LogP contribution < -0.4 is 10.6 Å². The molecule has 3 aromatic rings. The van der Waals surface area contributed by atoms with E-state index in [1.165, 1.54) is 12.3 Å². The molecule has 0 fully saturated rings. The van der Waals surface area contributed by atoms with Gasteiger partial charge < -0.3 is 15.7 Å². The molecule has 1 amide bonds. The van der Waals surface area contributed by atoms with Crippen molar-refractivity contribution in [2.45, 2.75) is 19.0 Å². The molecule has 2 unspecified atom stereocenters. The Morgan fingerprint density at radius 2 is 1.79 bits per heavy atom. The first-order valence-corrected chi connectivity index (χ1v) is 9.12. The highest BCUT2D eigenvalue weighted by atomic mass is 19.2. The highest BCUT2D eigenvalue weighted by molar-refractivity contribution is 5.99. The van der Waals surface area contributed by atoms with E-state index in [4.69, 9.17) is 0 Å². The Hall–Kier alpha value is -3.32. The van der Waals surface area contributed by atoms with Crippen LogP contribution in [-0.4, -0.2) is 22.6 Å². The molecule has 0 aliphatic carbocycles. The number of aliphatic hydroxyl groups is 1. The summed E-state index contributed by atoms with van der Waals surface area (Å²) in [6.07, 6.45) is 1.54. The van der Waals surface area contributed by atoms with Crippen molar-refractivity contribution in [3.05, 3.63) is 95.2 Å². The number of aliphatic hydroxyl groups excluding tert-OH is 1. The van der Waals surface area contributed by atoms with Crippen LogP contribution in [0.5, 0.6) is 0 Å². The topological polar surface area (TPSA) is 74.2 Å². The molecular formula is C22H21F2N3O2. The third kappa shape index (κ3) is 4.94. The Bertz CT molecular complexity index is 983. The van der Waals surface area contributed by atoms with E-state index in [0.29, 0.717) is 11.4 Å². The number of nitrogens with zero attached hydrogens (tertiary/aromatic N) is 1. The van der Waals surface area contributed by atoms with Gasteiger partial charge in [-0.25, -0.2) is 13.8 Å². The van der Waals surface area contributed by atoms with Gasteiger partial charge in [-0.05, 0) is 42.3 Å². The lowest BCUT2D eigenvalue weighted by Crippen LogP contribution is -2.28. The number of benzene rings is 2. The number of aromatic nitrogens is 1. The summed E-state index contributed by atoms with van der Waals surface area (Å²) < 4.78 is 26.6. The SMILES string of the molecule is CC(NC(=O)c1cccnc1NC(CO)c1ccccc1)c1ccc(F)c(F)c1. The number of amides is 1. The summed E-state index contributed by atoms with van der Waals surface area (Å²) in [7, 11) is 0. The molecule has 0 bridgehead atoms. The van der Waals surface area contributed by atoms with E-state index < -0.39 is 29.6 Å². The van der Waals surface area contributed by atoms with Crippen molar-refractivity contribution in [3.63, 3.8) is 0 Å². The average molecular weight is 397 g/mol. The van der Waals surface area contributed by atoms with Gasteiger partial charge in [0.15, 0.2) is 11.6 Å². The van der Waals surface area contributed by atoms with Gasteiger partial charge in [0.2, 0.25) is 0 Å². The maximum atomic E-state index is 13.5. The van der Waals surface area contributed by atoms with E-state index in [9.17, 15) is 18.7 Å². The normalized spacial score (nSPS) is 12.8. The molecule has 29 heavy (non-hydrogen) atoms. The number of halogens is 2. The minimum atomic E-state index is -0.971. The van der Waals surface area contributed by atoms with Gasteiger partial charge >= 0.3 is 0 Å². The van der Waals surface area contributed by atoms with Gasteiger partial charge in [-0.2, -0.15) is 0 Å². The zero-order chi connectivity index (χ0) is 20.8. The molecule has 150 valence electrons. The number of pyridine rings is 1. The quantitative estimate of drug-likeness (QED) is 0.564. The van der Waals surface area contributed by atoms with Crippen LogP contribution in [0, 0.1) is 11.6 Å². The van der Waals surface area contributed by atoms with Crippen LogP contribution in [-0.2, 0) is 0 Å². The fraction of sp³-hybridized carbons (Fsp3) is 0.182. The van der Waals surface area contributed by atoms with Crippen LogP contribution in [0.4, 0.5) is 14.6 Å². The molecule has 0 radical (unpaired) electrons. The van der Waals surface area contributed by atoms with Crippen LogP contribution in [0.2, 0.25) is 0 Å². The monoisotopic (exact) mass is 397 g/mol. The third-order valence-corrected chi connectivity index (χ3v) is 4.54. The predicted molar refractivity (Wildman–Crippen MR) is 106 cm³/mol. The molecule has 1 aromatic heterocycles. The number of carbonyl (C=O) groups is 1. The van der Waals surface area contributed by atoms with Gasteiger partial charge in [-0.3, -0.25) is 4.79 Å². The maximum absolute atomic E-state index is 13.5. The molecule has 5 nitrogen and oxygen atoms in total. The molecule has 1 heterocycles. The molecule has 0 aliphatic heterocycles. The van der Waals surface area contributed by atoms with Gasteiger partial charge in [-0.15, -0.1) is 0 Å². The zero-order valence-electron chi connectivity index (χ0n) is 15.8. The largest absolute Gasteiger partial charge is 0.394 e. The predicted octanol–water partition coefficient (Wildman–Crippen LogP) is 4.00. The van der Waals surface area contributed by atoms with Gasteiger partial charge in [0.1, 0.15) is 5.82 Å². The molecular weight excluding hydrogens is 376 g/mol. The van der Waals surface area contributed by atoms with E-state index >= 15 is 0 Å². The van der Waals surface area contributed by atoms with Crippen molar-refractivity contribution < 1.29 is 18.7 Å². The van der Waals surface area contributed by atoms with Crippen LogP contribution in [0.15, 0.2) is 66.9 Å². The summed E-state index contributed by atoms with van der Waals surface area (Å²) in [6, 6.07) is 15.0. The summed E-state index contributed by atoms with van der Waals surface area (Å²) in [4.78, 5) is 17.0. The standard InChI is InChI=1S/C22H21F2N3O2/c1-14(16-9-10-18(23)19(24)12-16)26-22(29)17-8-5-11-25-21(17)27-20(13-28)15-6-3-2-4-7-15/h2-12,14,20,28H,13H2,1H3,(H,25,27)(H,26,29). The molecule has 2 aromatic carbocycles. The highest BCUT2D eigenvalue weighted by Crippen LogP contribution is 2.22. The van der Waals surface area contributed by atoms with Crippen LogP contribution in [0.3, 0.4) is 0 Å². The summed E-state index contributed by atoms with van der Waals surface area (Å²) in [5.41, 5.74) is 1.56. The zero-order valence-corrected chi connectivity index (χ0v) is 15.8. The Balaban J connectivity index is 1.78. The van der Waals surface area contributed by atoms with Crippen molar-refractivity contribution in [2.24, 2.45) is 0 Å². The van der Waals surface area contributed by atoms with Gasteiger partial charge in [0, 0.05) is 6.20 Å². The third-order valence-electron chi connectivity index (χ3n) is 4.54. The summed E-state index contributed by atoms with van der Waals surface area (Å²) in [5.74, 6) is -2.03. The lowest BCUT2D eigenvalue weighted by atomic mass is 10.1. The van der Waals surface area contributed by atoms with E-state index in [1.807, 2.05) is 30.3 Å². The Labute approximate surface area is 167 Å². The van der Waals surface area contributed by atoms with Gasteiger partial charge in [0.05, 0.1) is 24.3 Å². The van der Waals surface area contributed by atoms with Crippen molar-refractivity contribution in [3.8, 4) is 0 Å². The molecule has 0 spiro atoms. The lowest BCUT2D eigenvalue weighted by Gasteiger charge is -2.20. The second kappa shape index (κ2) is 9.25. The fourth-order valence-corrected chi connectivity index (χ4v) is 2.93. The molecule has 2 atom stereocenters. The Morgan fingerprint density at radius 3 is 2.48 bits per heavy atom. The van der Waals surface area contributed by atoms with E-state index in [2.05, 4.69) is 15.6 Å². The number of hydrogen-bond acceptors (Lipinski definition) is 4. The molecule has 3 N–H and O–H groups in total. The summed E-state index contributed by atoms with van der Waals surface area (Å²) >= 11 is 0. The molecule has 7 heteroatoms. The number of anilines is 1. The second-order valence-electron chi connectivity index (χ2n) is 6.56. The van der Waals surface area contributed by atoms with Crippen molar-refractivity contribution >= 4 is 11.7 Å². The summed E-state index contributed by atoms with van der Waals surface area (Å²) in [6.45, 7) is 1.49. The van der Waals surface area contributed by atoms with Crippen LogP contribution in [0.25, 0.3) is 0 Å². The van der Waals surface area contributed by atoms with Crippen molar-refractivity contribution in [1.29, 1.82) is 0 Å². The molecule has 0 saturated heterocycles. The van der Waals surface area contributed by atoms with E-state index in [0.717, 1.165) is 17.7 Å². The summed E-state index contributed by atoms with van der Waals surface area (Å²) in [5, 5.41) is 15.6. The van der Waals surface area contributed by atoms with E-state index in [1.54, 1.807) is 19.1 Å². The first-order chi connectivity index (χ1) is 14.0. The molecule has 3 rings (SSSR count). The number of hydrogen-bond donors (Lipinski definition) is 3. The Morgan fingerprint density at radius 1 is 1.03 bits per heavy atom. The smallest absolute Gasteiger partial charge is 0.255 e. The fourth-order valence-electron chi connectivity index (χ4n) is 2.93. The number of rotatable bonds is 7. The first kappa shape index (κ1) is 20.4. The average Bonchev–Trinajstić information content (AvgIpc) is 2.74.